The second kappa shape index (κ2) is 6.95. The molecule has 4 nitrogen and oxygen atoms in total. The van der Waals surface area contributed by atoms with Gasteiger partial charge in [-0.05, 0) is 36.5 Å². The van der Waals surface area contributed by atoms with E-state index in [4.69, 9.17) is 9.16 Å². The summed E-state index contributed by atoms with van der Waals surface area (Å²) >= 11 is 0. The molecule has 0 bridgehead atoms. The zero-order valence-corrected chi connectivity index (χ0v) is 17.6. The molecule has 5 heteroatoms. The van der Waals surface area contributed by atoms with Gasteiger partial charge in [-0.1, -0.05) is 63.3 Å². The maximum Gasteiger partial charge on any atom is 0.260 e. The molecule has 3 rings (SSSR count). The molecule has 0 N–H and O–H groups in total. The average molecular weight is 374 g/mol. The number of amides is 1. The van der Waals surface area contributed by atoms with Gasteiger partial charge in [-0.2, -0.15) is 0 Å². The van der Waals surface area contributed by atoms with Crippen LogP contribution in [0.1, 0.15) is 51.7 Å². The molecular weight excluding hydrogens is 342 g/mol. The molecular formula is C21H31NO3Si. The highest BCUT2D eigenvalue weighted by molar-refractivity contribution is 6.74. The van der Waals surface area contributed by atoms with Crippen LogP contribution in [0, 0.1) is 0 Å². The summed E-state index contributed by atoms with van der Waals surface area (Å²) in [6.07, 6.45) is 6.27. The summed E-state index contributed by atoms with van der Waals surface area (Å²) in [7, 11) is -2.13. The van der Waals surface area contributed by atoms with E-state index in [-0.39, 0.29) is 10.9 Å². The summed E-state index contributed by atoms with van der Waals surface area (Å²) in [5, 5.41) is 0.0445. The largest absolute Gasteiger partial charge is 0.374 e. The van der Waals surface area contributed by atoms with E-state index < -0.39 is 20.3 Å². The Kier molecular flexibility index (Phi) is 5.16. The van der Waals surface area contributed by atoms with E-state index in [2.05, 4.69) is 46.0 Å². The van der Waals surface area contributed by atoms with E-state index >= 15 is 0 Å². The van der Waals surface area contributed by atoms with Gasteiger partial charge in [0.1, 0.15) is 0 Å². The topological polar surface area (TPSA) is 38.8 Å². The fourth-order valence-corrected chi connectivity index (χ4v) is 4.66. The second-order valence-corrected chi connectivity index (χ2v) is 13.5. The summed E-state index contributed by atoms with van der Waals surface area (Å²) in [5.41, 5.74) is 0.895. The molecule has 0 radical (unpaired) electrons. The molecule has 2 atom stereocenters. The molecule has 1 saturated heterocycles. The SMILES string of the molecule is CC(C)(C)[Si](C)(C)OC12CCC/C=C\CN1C(=O)C(c1ccccc1)O2. The number of carbonyl (C=O) groups excluding carboxylic acids is 1. The zero-order chi connectivity index (χ0) is 19.0. The standard InChI is InChI=1S/C21H31NO3Si/c1-20(2,3)26(4,5)25-21-15-11-6-7-12-16-22(21)19(23)18(24-21)17-13-9-8-10-14-17/h7-10,12-14,18H,6,11,15-16H2,1-5H3/b12-7-. The minimum Gasteiger partial charge on any atom is -0.374 e. The van der Waals surface area contributed by atoms with Gasteiger partial charge in [0.2, 0.25) is 5.91 Å². The van der Waals surface area contributed by atoms with Crippen molar-refractivity contribution < 1.29 is 14.0 Å². The predicted octanol–water partition coefficient (Wildman–Crippen LogP) is 5.00. The van der Waals surface area contributed by atoms with Crippen molar-refractivity contribution in [2.75, 3.05) is 6.54 Å². The first-order valence-corrected chi connectivity index (χ1v) is 12.5. The van der Waals surface area contributed by atoms with E-state index in [1.54, 1.807) is 0 Å². The summed E-state index contributed by atoms with van der Waals surface area (Å²) in [6, 6.07) is 9.76. The first-order valence-electron chi connectivity index (χ1n) is 9.56. The Labute approximate surface area is 158 Å². The van der Waals surface area contributed by atoms with Gasteiger partial charge in [-0.15, -0.1) is 0 Å². The lowest BCUT2D eigenvalue weighted by molar-refractivity contribution is -0.247. The number of ether oxygens (including phenoxy) is 1. The molecule has 142 valence electrons. The summed E-state index contributed by atoms with van der Waals surface area (Å²) in [6.45, 7) is 11.6. The van der Waals surface area contributed by atoms with Crippen molar-refractivity contribution in [1.29, 1.82) is 0 Å². The van der Waals surface area contributed by atoms with Gasteiger partial charge in [-0.25, -0.2) is 0 Å². The molecule has 1 fully saturated rings. The summed E-state index contributed by atoms with van der Waals surface area (Å²) in [4.78, 5) is 15.1. The van der Waals surface area contributed by atoms with Gasteiger partial charge in [0.15, 0.2) is 14.4 Å². The van der Waals surface area contributed by atoms with Crippen molar-refractivity contribution >= 4 is 14.2 Å². The van der Waals surface area contributed by atoms with E-state index in [0.717, 1.165) is 18.4 Å². The number of nitrogens with zero attached hydrogens (tertiary/aromatic N) is 1. The Balaban J connectivity index is 2.00. The van der Waals surface area contributed by atoms with Crippen molar-refractivity contribution in [3.63, 3.8) is 0 Å². The third-order valence-corrected chi connectivity index (χ3v) is 10.3. The van der Waals surface area contributed by atoms with Gasteiger partial charge in [-0.3, -0.25) is 9.69 Å². The lowest BCUT2D eigenvalue weighted by Crippen LogP contribution is -2.57. The maximum atomic E-state index is 13.2. The third-order valence-electron chi connectivity index (χ3n) is 5.84. The lowest BCUT2D eigenvalue weighted by atomic mass is 10.1. The van der Waals surface area contributed by atoms with Crippen molar-refractivity contribution in [1.82, 2.24) is 4.90 Å². The quantitative estimate of drug-likeness (QED) is 0.553. The number of allylic oxidation sites excluding steroid dienone is 1. The van der Waals surface area contributed by atoms with E-state index in [1.807, 2.05) is 35.2 Å². The number of rotatable bonds is 3. The molecule has 2 aliphatic heterocycles. The molecule has 0 saturated carbocycles. The maximum absolute atomic E-state index is 13.2. The third kappa shape index (κ3) is 3.53. The normalized spacial score (nSPS) is 28.4. The van der Waals surface area contributed by atoms with Crippen molar-refractivity contribution in [3.8, 4) is 0 Å². The van der Waals surface area contributed by atoms with E-state index in [1.165, 1.54) is 0 Å². The van der Waals surface area contributed by atoms with Gasteiger partial charge in [0, 0.05) is 13.0 Å². The first-order chi connectivity index (χ1) is 12.2. The van der Waals surface area contributed by atoms with Crippen molar-refractivity contribution in [3.05, 3.63) is 48.0 Å². The van der Waals surface area contributed by atoms with Gasteiger partial charge >= 0.3 is 0 Å². The van der Waals surface area contributed by atoms with Crippen molar-refractivity contribution in [2.24, 2.45) is 0 Å². The molecule has 0 aliphatic carbocycles. The van der Waals surface area contributed by atoms with Crippen LogP contribution in [0.25, 0.3) is 0 Å². The molecule has 1 aromatic rings. The van der Waals surface area contributed by atoms with Crippen LogP contribution in [-0.4, -0.2) is 31.6 Å². The number of hydrogen-bond donors (Lipinski definition) is 0. The second-order valence-electron chi connectivity index (χ2n) is 8.80. The Hall–Kier alpha value is -1.43. The number of hydrogen-bond acceptors (Lipinski definition) is 3. The van der Waals surface area contributed by atoms with Gasteiger partial charge in [0.05, 0.1) is 0 Å². The number of carbonyl (C=O) groups is 1. The van der Waals surface area contributed by atoms with Crippen LogP contribution < -0.4 is 0 Å². The molecule has 0 aromatic heterocycles. The zero-order valence-electron chi connectivity index (χ0n) is 16.6. The van der Waals surface area contributed by atoms with Crippen LogP contribution in [0.15, 0.2) is 42.5 Å². The van der Waals surface area contributed by atoms with Crippen molar-refractivity contribution in [2.45, 2.75) is 70.2 Å². The Morgan fingerprint density at radius 1 is 1.19 bits per heavy atom. The molecule has 2 heterocycles. The lowest BCUT2D eigenvalue weighted by Gasteiger charge is -2.46. The molecule has 0 spiro atoms. The Morgan fingerprint density at radius 3 is 2.54 bits per heavy atom. The highest BCUT2D eigenvalue weighted by Gasteiger charge is 2.57. The summed E-state index contributed by atoms with van der Waals surface area (Å²) < 4.78 is 13.3. The monoisotopic (exact) mass is 373 g/mol. The fourth-order valence-electron chi connectivity index (χ4n) is 3.29. The smallest absolute Gasteiger partial charge is 0.260 e. The van der Waals surface area contributed by atoms with Crippen LogP contribution in [0.4, 0.5) is 0 Å². The highest BCUT2D eigenvalue weighted by atomic mass is 28.4. The van der Waals surface area contributed by atoms with E-state index in [9.17, 15) is 4.79 Å². The van der Waals surface area contributed by atoms with Gasteiger partial charge in [0.25, 0.3) is 5.91 Å². The van der Waals surface area contributed by atoms with Crippen LogP contribution >= 0.6 is 0 Å². The minimum absolute atomic E-state index is 0.00135. The summed E-state index contributed by atoms with van der Waals surface area (Å²) in [5.74, 6) is -0.952. The predicted molar refractivity (Wildman–Crippen MR) is 106 cm³/mol. The first kappa shape index (κ1) is 19.3. The number of fused-ring (bicyclic) bond motifs is 1. The fraction of sp³-hybridized carbons (Fsp3) is 0.571. The molecule has 2 unspecified atom stereocenters. The molecule has 26 heavy (non-hydrogen) atoms. The van der Waals surface area contributed by atoms with Crippen LogP contribution in [0.3, 0.4) is 0 Å². The van der Waals surface area contributed by atoms with Crippen LogP contribution in [-0.2, 0) is 14.0 Å². The molecule has 2 aliphatic rings. The Morgan fingerprint density at radius 2 is 1.88 bits per heavy atom. The molecule has 1 aromatic carbocycles. The van der Waals surface area contributed by atoms with Crippen LogP contribution in [0.2, 0.25) is 18.1 Å². The van der Waals surface area contributed by atoms with Gasteiger partial charge < -0.3 is 9.16 Å². The molecule has 1 amide bonds. The van der Waals surface area contributed by atoms with E-state index in [0.29, 0.717) is 13.0 Å². The minimum atomic E-state index is -2.13. The van der Waals surface area contributed by atoms with Crippen LogP contribution in [0.5, 0.6) is 0 Å². The highest BCUT2D eigenvalue weighted by Crippen LogP contribution is 2.47. The number of benzene rings is 1. The Bertz CT molecular complexity index is 680. The average Bonchev–Trinajstić information content (AvgIpc) is 2.79.